The van der Waals surface area contributed by atoms with Crippen molar-refractivity contribution < 1.29 is 13.2 Å². The smallest absolute Gasteiger partial charge is 0.251 e. The van der Waals surface area contributed by atoms with Crippen LogP contribution in [-0.2, 0) is 16.6 Å². The first-order valence-corrected chi connectivity index (χ1v) is 12.1. The van der Waals surface area contributed by atoms with Gasteiger partial charge in [-0.25, -0.2) is 13.4 Å². The minimum Gasteiger partial charge on any atom is -0.350 e. The number of sulfonamides is 1. The van der Waals surface area contributed by atoms with Crippen molar-refractivity contribution in [2.45, 2.75) is 38.1 Å². The van der Waals surface area contributed by atoms with E-state index in [-0.39, 0.29) is 10.8 Å². The van der Waals surface area contributed by atoms with E-state index < -0.39 is 10.0 Å². The molecule has 1 N–H and O–H groups in total. The van der Waals surface area contributed by atoms with Crippen LogP contribution in [0.15, 0.2) is 53.4 Å². The van der Waals surface area contributed by atoms with Crippen LogP contribution in [0.4, 0.5) is 0 Å². The van der Waals surface area contributed by atoms with Gasteiger partial charge in [-0.2, -0.15) is 4.31 Å². The van der Waals surface area contributed by atoms with Crippen LogP contribution < -0.4 is 5.32 Å². The summed E-state index contributed by atoms with van der Waals surface area (Å²) >= 11 is 0. The highest BCUT2D eigenvalue weighted by Gasteiger charge is 2.28. The predicted octanol–water partition coefficient (Wildman–Crippen LogP) is 3.20. The van der Waals surface area contributed by atoms with Crippen LogP contribution in [0.25, 0.3) is 11.0 Å². The van der Waals surface area contributed by atoms with Gasteiger partial charge in [0.2, 0.25) is 10.0 Å². The molecule has 1 aliphatic heterocycles. The number of benzene rings is 2. The number of aromatic nitrogens is 2. The van der Waals surface area contributed by atoms with E-state index in [9.17, 15) is 13.2 Å². The first-order chi connectivity index (χ1) is 14.9. The Morgan fingerprint density at radius 3 is 2.65 bits per heavy atom. The number of fused-ring (bicyclic) bond motifs is 1. The van der Waals surface area contributed by atoms with Gasteiger partial charge >= 0.3 is 0 Å². The third-order valence-electron chi connectivity index (χ3n) is 5.84. The minimum absolute atomic E-state index is 0.224. The maximum absolute atomic E-state index is 12.9. The van der Waals surface area contributed by atoms with E-state index in [2.05, 4.69) is 21.8 Å². The van der Waals surface area contributed by atoms with Crippen LogP contribution >= 0.6 is 0 Å². The van der Waals surface area contributed by atoms with Gasteiger partial charge in [-0.3, -0.25) is 4.79 Å². The molecule has 1 atom stereocenters. The van der Waals surface area contributed by atoms with E-state index in [1.807, 2.05) is 31.2 Å². The fourth-order valence-electron chi connectivity index (χ4n) is 4.15. The highest BCUT2D eigenvalue weighted by molar-refractivity contribution is 7.89. The summed E-state index contributed by atoms with van der Waals surface area (Å²) in [4.78, 5) is 17.3. The number of carbonyl (C=O) groups excluding carboxylic acids is 1. The second-order valence-corrected chi connectivity index (χ2v) is 10.1. The number of aryl methyl sites for hydroxylation is 1. The summed E-state index contributed by atoms with van der Waals surface area (Å²) < 4.78 is 29.4. The van der Waals surface area contributed by atoms with Gasteiger partial charge in [-0.1, -0.05) is 19.1 Å². The Hall–Kier alpha value is -2.71. The van der Waals surface area contributed by atoms with Gasteiger partial charge in [0.15, 0.2) is 0 Å². The zero-order chi connectivity index (χ0) is 22.0. The molecule has 0 unspecified atom stereocenters. The number of para-hydroxylation sites is 2. The van der Waals surface area contributed by atoms with E-state index in [0.29, 0.717) is 37.7 Å². The van der Waals surface area contributed by atoms with E-state index >= 15 is 0 Å². The predicted molar refractivity (Wildman–Crippen MR) is 120 cm³/mol. The summed E-state index contributed by atoms with van der Waals surface area (Å²) in [5.74, 6) is 1.04. The van der Waals surface area contributed by atoms with Gasteiger partial charge in [-0.05, 0) is 62.1 Å². The fraction of sp³-hybridized carbons (Fsp3) is 0.391. The molecule has 1 aliphatic rings. The third-order valence-corrected chi connectivity index (χ3v) is 7.72. The molecule has 31 heavy (non-hydrogen) atoms. The maximum atomic E-state index is 12.9. The van der Waals surface area contributed by atoms with Crippen LogP contribution in [0.3, 0.4) is 0 Å². The molecule has 0 aliphatic carbocycles. The molecule has 0 radical (unpaired) electrons. The Balaban J connectivity index is 1.39. The molecule has 164 valence electrons. The highest BCUT2D eigenvalue weighted by atomic mass is 32.2. The van der Waals surface area contributed by atoms with E-state index in [4.69, 9.17) is 0 Å². The van der Waals surface area contributed by atoms with Gasteiger partial charge in [0.1, 0.15) is 5.82 Å². The molecule has 2 heterocycles. The number of carbonyl (C=O) groups is 1. The summed E-state index contributed by atoms with van der Waals surface area (Å²) in [5, 5.41) is 2.91. The third kappa shape index (κ3) is 4.50. The number of imidazole rings is 1. The van der Waals surface area contributed by atoms with Gasteiger partial charge in [0.05, 0.1) is 15.9 Å². The normalized spacial score (nSPS) is 17.7. The summed E-state index contributed by atoms with van der Waals surface area (Å²) in [6.45, 7) is 6.18. The molecular weight excluding hydrogens is 412 g/mol. The Bertz CT molecular complexity index is 1190. The number of hydrogen-bond acceptors (Lipinski definition) is 4. The molecule has 1 saturated heterocycles. The molecule has 0 bridgehead atoms. The Morgan fingerprint density at radius 2 is 1.90 bits per heavy atom. The average Bonchev–Trinajstić information content (AvgIpc) is 3.09. The first kappa shape index (κ1) is 21.5. The van der Waals surface area contributed by atoms with Gasteiger partial charge < -0.3 is 9.88 Å². The van der Waals surface area contributed by atoms with Crippen molar-refractivity contribution in [1.82, 2.24) is 19.2 Å². The molecule has 1 aromatic heterocycles. The average molecular weight is 441 g/mol. The van der Waals surface area contributed by atoms with Crippen LogP contribution in [0.2, 0.25) is 0 Å². The fourth-order valence-corrected chi connectivity index (χ4v) is 5.75. The van der Waals surface area contributed by atoms with Gasteiger partial charge in [0, 0.05) is 31.7 Å². The number of hydrogen-bond donors (Lipinski definition) is 1. The maximum Gasteiger partial charge on any atom is 0.251 e. The van der Waals surface area contributed by atoms with Crippen molar-refractivity contribution in [1.29, 1.82) is 0 Å². The number of piperidine rings is 1. The van der Waals surface area contributed by atoms with Crippen LogP contribution in [-0.4, -0.2) is 47.8 Å². The molecule has 0 saturated carbocycles. The summed E-state index contributed by atoms with van der Waals surface area (Å²) in [6, 6.07) is 14.1. The molecule has 1 fully saturated rings. The van der Waals surface area contributed by atoms with Gasteiger partial charge in [0.25, 0.3) is 5.91 Å². The molecule has 1 amide bonds. The number of rotatable bonds is 6. The number of nitrogens with one attached hydrogen (secondary N) is 1. The summed E-state index contributed by atoms with van der Waals surface area (Å²) in [5.41, 5.74) is 2.42. The van der Waals surface area contributed by atoms with Crippen molar-refractivity contribution in [3.05, 3.63) is 59.9 Å². The summed E-state index contributed by atoms with van der Waals surface area (Å²) in [7, 11) is -3.52. The second-order valence-electron chi connectivity index (χ2n) is 8.19. The number of nitrogens with zero attached hydrogens (tertiary/aromatic N) is 3. The zero-order valence-electron chi connectivity index (χ0n) is 17.9. The molecule has 4 rings (SSSR count). The minimum atomic E-state index is -3.52. The van der Waals surface area contributed by atoms with Crippen molar-refractivity contribution >= 4 is 27.0 Å². The van der Waals surface area contributed by atoms with E-state index in [1.54, 1.807) is 16.4 Å². The van der Waals surface area contributed by atoms with Crippen molar-refractivity contribution in [3.8, 4) is 0 Å². The zero-order valence-corrected chi connectivity index (χ0v) is 18.7. The molecule has 3 aromatic rings. The first-order valence-electron chi connectivity index (χ1n) is 10.7. The Labute approximate surface area is 183 Å². The lowest BCUT2D eigenvalue weighted by Gasteiger charge is -2.30. The Morgan fingerprint density at radius 1 is 1.16 bits per heavy atom. The lowest BCUT2D eigenvalue weighted by Crippen LogP contribution is -2.39. The van der Waals surface area contributed by atoms with Crippen molar-refractivity contribution in [3.63, 3.8) is 0 Å². The molecular formula is C23H28N4O3S. The van der Waals surface area contributed by atoms with Crippen molar-refractivity contribution in [2.24, 2.45) is 5.92 Å². The monoisotopic (exact) mass is 440 g/mol. The molecule has 0 spiro atoms. The van der Waals surface area contributed by atoms with Crippen LogP contribution in [0.1, 0.15) is 35.9 Å². The van der Waals surface area contributed by atoms with Crippen molar-refractivity contribution in [2.75, 3.05) is 19.6 Å². The Kier molecular flexibility index (Phi) is 6.11. The number of amides is 1. The summed E-state index contributed by atoms with van der Waals surface area (Å²) in [6.07, 6.45) is 1.94. The SMILES string of the molecule is Cc1nc2ccccc2n1CCNC(=O)c1ccc(S(=O)(=O)N2CCC[C@H](C)C2)cc1. The highest BCUT2D eigenvalue weighted by Crippen LogP contribution is 2.23. The molecule has 7 nitrogen and oxygen atoms in total. The van der Waals surface area contributed by atoms with Gasteiger partial charge in [-0.15, -0.1) is 0 Å². The lowest BCUT2D eigenvalue weighted by molar-refractivity contribution is 0.0952. The molecule has 2 aromatic carbocycles. The second kappa shape index (κ2) is 8.80. The lowest BCUT2D eigenvalue weighted by atomic mass is 10.0. The van der Waals surface area contributed by atoms with Crippen LogP contribution in [0, 0.1) is 12.8 Å². The topological polar surface area (TPSA) is 84.3 Å². The van der Waals surface area contributed by atoms with E-state index in [0.717, 1.165) is 29.7 Å². The quantitative estimate of drug-likeness (QED) is 0.638. The van der Waals surface area contributed by atoms with Crippen LogP contribution in [0.5, 0.6) is 0 Å². The molecule has 8 heteroatoms. The standard InChI is InChI=1S/C23H28N4O3S/c1-17-6-5-14-26(16-17)31(29,30)20-11-9-19(10-12-20)23(28)24-13-15-27-18(2)25-21-7-3-4-8-22(21)27/h3-4,7-12,17H,5-6,13-16H2,1-2H3,(H,24,28)/t17-/m0/s1. The largest absolute Gasteiger partial charge is 0.350 e. The van der Waals surface area contributed by atoms with E-state index in [1.165, 1.54) is 12.1 Å².